The highest BCUT2D eigenvalue weighted by Gasteiger charge is 2.47. The number of allylic oxidation sites excluding steroid dienone is 2. The van der Waals surface area contributed by atoms with Gasteiger partial charge in [0.05, 0.1) is 17.2 Å². The van der Waals surface area contributed by atoms with Crippen molar-refractivity contribution >= 4 is 57.6 Å². The zero-order valence-corrected chi connectivity index (χ0v) is 22.6. The number of rotatable bonds is 3. The second-order valence-corrected chi connectivity index (χ2v) is 12.0. The standard InChI is InChI=1S/C29H26Cl2N2O2S/c1-16-6-8-17(9-7-16)27(35)26-25(23-5-4-10-36-23)24-21(14-29(2,3)15-22(24)34)33(28(26)32)20-12-18(30)11-19(31)13-20/h4-13,25,32,35H,14-15H2,1-3H3/b27-26+,32-28?. The fraction of sp³-hybridized carbons (Fsp3) is 0.241. The lowest BCUT2D eigenvalue weighted by Gasteiger charge is -2.45. The van der Waals surface area contributed by atoms with E-state index in [9.17, 15) is 15.3 Å². The number of halogens is 2. The van der Waals surface area contributed by atoms with E-state index in [1.54, 1.807) is 23.1 Å². The maximum absolute atomic E-state index is 13.8. The Hall–Kier alpha value is -2.86. The maximum Gasteiger partial charge on any atom is 0.162 e. The van der Waals surface area contributed by atoms with E-state index in [1.165, 1.54) is 11.3 Å². The number of ketones is 1. The largest absolute Gasteiger partial charge is 0.507 e. The van der Waals surface area contributed by atoms with Crippen LogP contribution < -0.4 is 4.90 Å². The van der Waals surface area contributed by atoms with E-state index < -0.39 is 5.92 Å². The number of amidine groups is 1. The predicted octanol–water partition coefficient (Wildman–Crippen LogP) is 8.56. The first kappa shape index (κ1) is 24.8. The molecule has 1 atom stereocenters. The Kier molecular flexibility index (Phi) is 6.36. The number of thiophene rings is 1. The van der Waals surface area contributed by atoms with Crippen LogP contribution >= 0.6 is 34.5 Å². The van der Waals surface area contributed by atoms with Crippen LogP contribution in [0.15, 0.2) is 76.8 Å². The molecule has 0 radical (unpaired) electrons. The molecular weight excluding hydrogens is 511 g/mol. The zero-order valence-electron chi connectivity index (χ0n) is 20.2. The summed E-state index contributed by atoms with van der Waals surface area (Å²) in [6.07, 6.45) is 0.991. The van der Waals surface area contributed by atoms with Crippen molar-refractivity contribution in [3.05, 3.63) is 103 Å². The minimum atomic E-state index is -0.539. The van der Waals surface area contributed by atoms with Gasteiger partial charge in [0.2, 0.25) is 0 Å². The van der Waals surface area contributed by atoms with Crippen LogP contribution in [0.1, 0.15) is 48.6 Å². The second kappa shape index (κ2) is 9.22. The molecule has 1 aliphatic carbocycles. The fourth-order valence-electron chi connectivity index (χ4n) is 5.17. The number of Topliss-reactive ketones (excluding diaryl/α,β-unsaturated/α-hetero) is 1. The highest BCUT2D eigenvalue weighted by Crippen LogP contribution is 2.52. The number of hydrogen-bond donors (Lipinski definition) is 2. The molecule has 1 aliphatic heterocycles. The minimum absolute atomic E-state index is 0.0132. The first-order valence-corrected chi connectivity index (χ1v) is 13.3. The van der Waals surface area contributed by atoms with Gasteiger partial charge in [-0.25, -0.2) is 0 Å². The van der Waals surface area contributed by atoms with Crippen molar-refractivity contribution < 1.29 is 9.90 Å². The van der Waals surface area contributed by atoms with Gasteiger partial charge in [0, 0.05) is 38.2 Å². The van der Waals surface area contributed by atoms with Crippen LogP contribution in [0.2, 0.25) is 10.0 Å². The van der Waals surface area contributed by atoms with Gasteiger partial charge in [0.1, 0.15) is 11.6 Å². The molecule has 2 N–H and O–H groups in total. The molecule has 0 bridgehead atoms. The van der Waals surface area contributed by atoms with Crippen molar-refractivity contribution in [3.8, 4) is 0 Å². The SMILES string of the molecule is Cc1ccc(/C(O)=C2\C(=N)N(c3cc(Cl)cc(Cl)c3)C3=C(C(=O)CC(C)(C)C3)C2c2cccs2)cc1. The molecule has 36 heavy (non-hydrogen) atoms. The molecule has 0 saturated carbocycles. The molecule has 4 nitrogen and oxygen atoms in total. The smallest absolute Gasteiger partial charge is 0.162 e. The first-order chi connectivity index (χ1) is 17.1. The van der Waals surface area contributed by atoms with Gasteiger partial charge < -0.3 is 5.11 Å². The van der Waals surface area contributed by atoms with Gasteiger partial charge in [0.25, 0.3) is 0 Å². The predicted molar refractivity (Wildman–Crippen MR) is 150 cm³/mol. The normalized spacial score (nSPS) is 21.0. The van der Waals surface area contributed by atoms with Gasteiger partial charge in [0.15, 0.2) is 5.78 Å². The molecule has 0 amide bonds. The third-order valence-electron chi connectivity index (χ3n) is 6.74. The average Bonchev–Trinajstić information content (AvgIpc) is 3.31. The number of benzene rings is 2. The lowest BCUT2D eigenvalue weighted by molar-refractivity contribution is -0.118. The number of carbonyl (C=O) groups is 1. The summed E-state index contributed by atoms with van der Waals surface area (Å²) in [4.78, 5) is 16.5. The monoisotopic (exact) mass is 536 g/mol. The van der Waals surface area contributed by atoms with Gasteiger partial charge in [-0.3, -0.25) is 15.1 Å². The van der Waals surface area contributed by atoms with Crippen molar-refractivity contribution in [1.82, 2.24) is 0 Å². The van der Waals surface area contributed by atoms with Crippen LogP contribution in [-0.2, 0) is 4.79 Å². The van der Waals surface area contributed by atoms with E-state index in [-0.39, 0.29) is 22.8 Å². The van der Waals surface area contributed by atoms with Crippen LogP contribution in [0.25, 0.3) is 5.76 Å². The summed E-state index contributed by atoms with van der Waals surface area (Å²) in [6.45, 7) is 6.11. The number of hydrogen-bond acceptors (Lipinski definition) is 4. The number of aryl methyl sites for hydroxylation is 1. The van der Waals surface area contributed by atoms with Crippen molar-refractivity contribution in [3.63, 3.8) is 0 Å². The molecule has 184 valence electrons. The Bertz CT molecular complexity index is 1420. The van der Waals surface area contributed by atoms with Crippen LogP contribution in [0, 0.1) is 17.7 Å². The molecule has 7 heteroatoms. The fourth-order valence-corrected chi connectivity index (χ4v) is 6.53. The van der Waals surface area contributed by atoms with Crippen LogP contribution in [0.3, 0.4) is 0 Å². The Morgan fingerprint density at radius 1 is 1.08 bits per heavy atom. The van der Waals surface area contributed by atoms with Crippen molar-refractivity contribution in [1.29, 1.82) is 5.41 Å². The van der Waals surface area contributed by atoms with Crippen molar-refractivity contribution in [2.24, 2.45) is 5.41 Å². The van der Waals surface area contributed by atoms with Crippen molar-refractivity contribution in [2.75, 3.05) is 4.90 Å². The van der Waals surface area contributed by atoms with Gasteiger partial charge in [-0.1, -0.05) is 72.9 Å². The van der Waals surface area contributed by atoms with E-state index in [4.69, 9.17) is 23.2 Å². The Labute approximate surface area is 225 Å². The number of aliphatic hydroxyl groups excluding tert-OH is 1. The topological polar surface area (TPSA) is 64.4 Å². The maximum atomic E-state index is 13.8. The minimum Gasteiger partial charge on any atom is -0.507 e. The quantitative estimate of drug-likeness (QED) is 0.329. The highest BCUT2D eigenvalue weighted by molar-refractivity contribution is 7.10. The Morgan fingerprint density at radius 3 is 2.36 bits per heavy atom. The summed E-state index contributed by atoms with van der Waals surface area (Å²) in [6, 6.07) is 16.5. The lowest BCUT2D eigenvalue weighted by atomic mass is 9.68. The first-order valence-electron chi connectivity index (χ1n) is 11.7. The average molecular weight is 538 g/mol. The van der Waals surface area contributed by atoms with E-state index in [1.807, 2.05) is 48.7 Å². The second-order valence-electron chi connectivity index (χ2n) is 10.2. The zero-order chi connectivity index (χ0) is 25.8. The number of aliphatic hydroxyl groups is 1. The summed E-state index contributed by atoms with van der Waals surface area (Å²) < 4.78 is 0. The molecule has 0 fully saturated rings. The molecule has 2 aromatic carbocycles. The van der Waals surface area contributed by atoms with Crippen LogP contribution in [0.4, 0.5) is 5.69 Å². The molecule has 5 rings (SSSR count). The number of nitrogens with zero attached hydrogens (tertiary/aromatic N) is 1. The molecule has 2 heterocycles. The van der Waals surface area contributed by atoms with Gasteiger partial charge in [-0.15, -0.1) is 11.3 Å². The summed E-state index contributed by atoms with van der Waals surface area (Å²) in [5, 5.41) is 23.9. The molecule has 2 aliphatic rings. The van der Waals surface area contributed by atoms with Crippen molar-refractivity contribution in [2.45, 2.75) is 39.5 Å². The summed E-state index contributed by atoms with van der Waals surface area (Å²) >= 11 is 14.3. The molecule has 0 spiro atoms. The Morgan fingerprint density at radius 2 is 1.75 bits per heavy atom. The number of anilines is 1. The molecule has 1 aromatic heterocycles. The molecule has 3 aromatic rings. The highest BCUT2D eigenvalue weighted by atomic mass is 35.5. The Balaban J connectivity index is 1.85. The molecular formula is C29H26Cl2N2O2S. The van der Waals surface area contributed by atoms with Gasteiger partial charge >= 0.3 is 0 Å². The van der Waals surface area contributed by atoms with Gasteiger partial charge in [-0.2, -0.15) is 0 Å². The van der Waals surface area contributed by atoms with E-state index in [0.29, 0.717) is 45.3 Å². The van der Waals surface area contributed by atoms with E-state index >= 15 is 0 Å². The van der Waals surface area contributed by atoms with Gasteiger partial charge in [-0.05, 0) is 48.4 Å². The van der Waals surface area contributed by atoms with Crippen LogP contribution in [0.5, 0.6) is 0 Å². The molecule has 1 unspecified atom stereocenters. The third-order valence-corrected chi connectivity index (χ3v) is 8.11. The summed E-state index contributed by atoms with van der Waals surface area (Å²) in [7, 11) is 0. The number of carbonyl (C=O) groups excluding carboxylic acids is 1. The molecule has 0 saturated heterocycles. The summed E-state index contributed by atoms with van der Waals surface area (Å²) in [5.74, 6) is -0.419. The number of nitrogens with one attached hydrogen (secondary N) is 1. The lowest BCUT2D eigenvalue weighted by Crippen LogP contribution is -2.45. The van der Waals surface area contributed by atoms with E-state index in [0.717, 1.165) is 16.1 Å². The summed E-state index contributed by atoms with van der Waals surface area (Å²) in [5.41, 5.74) is 3.75. The van der Waals surface area contributed by atoms with E-state index in [2.05, 4.69) is 13.8 Å². The van der Waals surface area contributed by atoms with Crippen LogP contribution in [-0.4, -0.2) is 16.7 Å². The third kappa shape index (κ3) is 4.40.